The molecule has 0 heterocycles. The number of benzene rings is 2. The summed E-state index contributed by atoms with van der Waals surface area (Å²) in [6.45, 7) is 3.45. The van der Waals surface area contributed by atoms with Crippen molar-refractivity contribution < 1.29 is 17.9 Å². The van der Waals surface area contributed by atoms with Gasteiger partial charge in [0.15, 0.2) is 0 Å². The van der Waals surface area contributed by atoms with Crippen molar-refractivity contribution in [1.29, 1.82) is 0 Å². The predicted molar refractivity (Wildman–Crippen MR) is 87.5 cm³/mol. The summed E-state index contributed by atoms with van der Waals surface area (Å²) in [7, 11) is -3.79. The van der Waals surface area contributed by atoms with Crippen molar-refractivity contribution in [3.63, 3.8) is 0 Å². The highest BCUT2D eigenvalue weighted by atomic mass is 32.2. The number of anilines is 1. The number of carbonyl (C=O) groups is 1. The third-order valence-electron chi connectivity index (χ3n) is 3.28. The van der Waals surface area contributed by atoms with E-state index in [-0.39, 0.29) is 11.5 Å². The van der Waals surface area contributed by atoms with Gasteiger partial charge in [-0.1, -0.05) is 30.3 Å². The number of primary sulfonamides is 1. The molecule has 0 atom stereocenters. The van der Waals surface area contributed by atoms with Crippen molar-refractivity contribution in [2.45, 2.75) is 25.3 Å². The number of sulfonamides is 1. The molecule has 3 N–H and O–H groups in total. The molecule has 0 saturated heterocycles. The number of nitrogens with two attached hydrogens (primary N) is 1. The zero-order valence-electron chi connectivity index (χ0n) is 12.9. The molecule has 23 heavy (non-hydrogen) atoms. The van der Waals surface area contributed by atoms with E-state index in [0.717, 1.165) is 5.56 Å². The van der Waals surface area contributed by atoms with Gasteiger partial charge >= 0.3 is 6.09 Å². The number of hydrogen-bond donors (Lipinski definition) is 2. The lowest BCUT2D eigenvalue weighted by Gasteiger charge is -2.12. The highest BCUT2D eigenvalue weighted by Gasteiger charge is 2.15. The lowest BCUT2D eigenvalue weighted by Crippen LogP contribution is -2.17. The zero-order valence-corrected chi connectivity index (χ0v) is 13.7. The average Bonchev–Trinajstić information content (AvgIpc) is 2.48. The van der Waals surface area contributed by atoms with Crippen molar-refractivity contribution in [2.24, 2.45) is 5.14 Å². The van der Waals surface area contributed by atoms with Gasteiger partial charge in [0, 0.05) is 5.69 Å². The maximum atomic E-state index is 11.9. The maximum absolute atomic E-state index is 11.9. The lowest BCUT2D eigenvalue weighted by molar-refractivity contribution is 0.155. The smallest absolute Gasteiger partial charge is 0.411 e. The first-order valence-corrected chi connectivity index (χ1v) is 8.44. The Morgan fingerprint density at radius 2 is 1.78 bits per heavy atom. The highest BCUT2D eigenvalue weighted by Crippen LogP contribution is 2.23. The van der Waals surface area contributed by atoms with E-state index in [2.05, 4.69) is 5.32 Å². The number of rotatable bonds is 4. The fourth-order valence-electron chi connectivity index (χ4n) is 2.10. The first-order chi connectivity index (χ1) is 10.8. The molecule has 0 bridgehead atoms. The van der Waals surface area contributed by atoms with Gasteiger partial charge < -0.3 is 4.74 Å². The van der Waals surface area contributed by atoms with Crippen LogP contribution in [0.4, 0.5) is 10.5 Å². The summed E-state index contributed by atoms with van der Waals surface area (Å²) in [4.78, 5) is 11.9. The van der Waals surface area contributed by atoms with Gasteiger partial charge in [-0.2, -0.15) is 0 Å². The van der Waals surface area contributed by atoms with Gasteiger partial charge in [0.05, 0.1) is 4.90 Å². The Bertz CT molecular complexity index is 817. The molecule has 122 valence electrons. The summed E-state index contributed by atoms with van der Waals surface area (Å²) < 4.78 is 28.1. The van der Waals surface area contributed by atoms with Crippen LogP contribution in [-0.2, 0) is 21.4 Å². The Hall–Kier alpha value is -2.38. The molecule has 1 amide bonds. The quantitative estimate of drug-likeness (QED) is 0.898. The van der Waals surface area contributed by atoms with E-state index in [1.807, 2.05) is 30.3 Å². The van der Waals surface area contributed by atoms with Crippen molar-refractivity contribution in [1.82, 2.24) is 0 Å². The van der Waals surface area contributed by atoms with Gasteiger partial charge in [0.2, 0.25) is 10.0 Å². The van der Waals surface area contributed by atoms with E-state index in [1.54, 1.807) is 19.9 Å². The molecule has 0 aliphatic heterocycles. The molecule has 0 saturated carbocycles. The van der Waals surface area contributed by atoms with Gasteiger partial charge in [0.25, 0.3) is 0 Å². The predicted octanol–water partition coefficient (Wildman–Crippen LogP) is 2.70. The Morgan fingerprint density at radius 1 is 1.13 bits per heavy atom. The molecule has 0 aliphatic rings. The average molecular weight is 334 g/mol. The van der Waals surface area contributed by atoms with Crippen LogP contribution in [0.25, 0.3) is 0 Å². The van der Waals surface area contributed by atoms with Crippen LogP contribution in [0, 0.1) is 13.8 Å². The van der Waals surface area contributed by atoms with Gasteiger partial charge in [-0.05, 0) is 42.7 Å². The Kier molecular flexibility index (Phi) is 5.02. The summed E-state index contributed by atoms with van der Waals surface area (Å²) in [6.07, 6.45) is -0.611. The standard InChI is InChI=1S/C16H18N2O4S/c1-11-9-15(23(17,20)21)12(2)8-14(11)18-16(19)22-10-13-6-4-3-5-7-13/h3-9H,10H2,1-2H3,(H,18,19)(H2,17,20,21). The largest absolute Gasteiger partial charge is 0.444 e. The minimum atomic E-state index is -3.79. The molecule has 2 aromatic carbocycles. The SMILES string of the molecule is Cc1cc(S(N)(=O)=O)c(C)cc1NC(=O)OCc1ccccc1. The first-order valence-electron chi connectivity index (χ1n) is 6.89. The van der Waals surface area contributed by atoms with Gasteiger partial charge in [-0.25, -0.2) is 18.4 Å². The molecule has 2 aromatic rings. The van der Waals surface area contributed by atoms with E-state index in [4.69, 9.17) is 9.88 Å². The van der Waals surface area contributed by atoms with Crippen LogP contribution in [0.5, 0.6) is 0 Å². The molecule has 6 nitrogen and oxygen atoms in total. The lowest BCUT2D eigenvalue weighted by atomic mass is 10.1. The minimum Gasteiger partial charge on any atom is -0.444 e. The van der Waals surface area contributed by atoms with Crippen LogP contribution in [0.15, 0.2) is 47.4 Å². The second kappa shape index (κ2) is 6.80. The maximum Gasteiger partial charge on any atom is 0.411 e. The van der Waals surface area contributed by atoms with Gasteiger partial charge in [-0.15, -0.1) is 0 Å². The van der Waals surface area contributed by atoms with E-state index in [9.17, 15) is 13.2 Å². The van der Waals surface area contributed by atoms with Crippen LogP contribution in [0.3, 0.4) is 0 Å². The summed E-state index contributed by atoms with van der Waals surface area (Å²) in [5.41, 5.74) is 2.39. The van der Waals surface area contributed by atoms with E-state index < -0.39 is 16.1 Å². The molecular weight excluding hydrogens is 316 g/mol. The molecule has 2 rings (SSSR count). The van der Waals surface area contributed by atoms with Crippen LogP contribution in [0.2, 0.25) is 0 Å². The summed E-state index contributed by atoms with van der Waals surface area (Å²) in [5.74, 6) is 0. The third-order valence-corrected chi connectivity index (χ3v) is 4.33. The Labute approximate surface area is 135 Å². The number of hydrogen-bond acceptors (Lipinski definition) is 4. The number of aryl methyl sites for hydroxylation is 2. The fourth-order valence-corrected chi connectivity index (χ4v) is 2.95. The van der Waals surface area contributed by atoms with E-state index in [1.165, 1.54) is 6.07 Å². The number of nitrogens with one attached hydrogen (secondary N) is 1. The molecule has 0 unspecified atom stereocenters. The Balaban J connectivity index is 2.08. The van der Waals surface area contributed by atoms with Crippen molar-refractivity contribution >= 4 is 21.8 Å². The van der Waals surface area contributed by atoms with Crippen molar-refractivity contribution in [3.8, 4) is 0 Å². The van der Waals surface area contributed by atoms with Crippen molar-refractivity contribution in [3.05, 3.63) is 59.2 Å². The molecule has 0 aliphatic carbocycles. The summed E-state index contributed by atoms with van der Waals surface area (Å²) in [5, 5.41) is 7.75. The fraction of sp³-hybridized carbons (Fsp3) is 0.188. The van der Waals surface area contributed by atoms with Crippen molar-refractivity contribution in [2.75, 3.05) is 5.32 Å². The minimum absolute atomic E-state index is 0.0400. The van der Waals surface area contributed by atoms with Gasteiger partial charge in [0.1, 0.15) is 6.61 Å². The van der Waals surface area contributed by atoms with E-state index in [0.29, 0.717) is 16.8 Å². The van der Waals surface area contributed by atoms with Crippen LogP contribution in [-0.4, -0.2) is 14.5 Å². The topological polar surface area (TPSA) is 98.5 Å². The number of ether oxygens (including phenoxy) is 1. The number of amides is 1. The number of carbonyl (C=O) groups excluding carboxylic acids is 1. The monoisotopic (exact) mass is 334 g/mol. The first kappa shape index (κ1) is 17.0. The highest BCUT2D eigenvalue weighted by molar-refractivity contribution is 7.89. The van der Waals surface area contributed by atoms with E-state index >= 15 is 0 Å². The van der Waals surface area contributed by atoms with Crippen LogP contribution >= 0.6 is 0 Å². The molecule has 0 radical (unpaired) electrons. The zero-order chi connectivity index (χ0) is 17.0. The normalized spacial score (nSPS) is 11.1. The molecular formula is C16H18N2O4S. The second-order valence-corrected chi connectivity index (χ2v) is 6.69. The Morgan fingerprint density at radius 3 is 2.39 bits per heavy atom. The summed E-state index contributed by atoms with van der Waals surface area (Å²) >= 11 is 0. The van der Waals surface area contributed by atoms with Gasteiger partial charge in [-0.3, -0.25) is 5.32 Å². The second-order valence-electron chi connectivity index (χ2n) is 5.16. The summed E-state index contributed by atoms with van der Waals surface area (Å²) in [6, 6.07) is 12.3. The van der Waals surface area contributed by atoms with Crippen LogP contribution < -0.4 is 10.5 Å². The third kappa shape index (κ3) is 4.54. The van der Waals surface area contributed by atoms with Crippen LogP contribution in [0.1, 0.15) is 16.7 Å². The molecule has 7 heteroatoms. The molecule has 0 fully saturated rings. The molecule has 0 aromatic heterocycles. The molecule has 0 spiro atoms.